The van der Waals surface area contributed by atoms with Crippen molar-refractivity contribution in [1.82, 2.24) is 4.98 Å². The highest BCUT2D eigenvalue weighted by Gasteiger charge is 2.09. The van der Waals surface area contributed by atoms with Gasteiger partial charge < -0.3 is 5.73 Å². The van der Waals surface area contributed by atoms with Crippen LogP contribution in [0.2, 0.25) is 10.0 Å². The molecule has 0 spiro atoms. The summed E-state index contributed by atoms with van der Waals surface area (Å²) in [6, 6.07) is 5.73. The molecule has 2 aromatic rings. The summed E-state index contributed by atoms with van der Waals surface area (Å²) >= 11 is 12.3. The number of pyridine rings is 1. The Balaban J connectivity index is 2.50. The summed E-state index contributed by atoms with van der Waals surface area (Å²) in [6.07, 6.45) is 3.06. The highest BCUT2D eigenvalue weighted by atomic mass is 35.5. The fourth-order valence-electron chi connectivity index (χ4n) is 2.17. The molecule has 0 aliphatic rings. The van der Waals surface area contributed by atoms with Crippen LogP contribution in [0.3, 0.4) is 0 Å². The Hall–Kier alpha value is -0.830. The summed E-state index contributed by atoms with van der Waals surface area (Å²) in [5.41, 5.74) is 8.62. The average Bonchev–Trinajstić information content (AvgIpc) is 2.27. The van der Waals surface area contributed by atoms with E-state index >= 15 is 0 Å². The van der Waals surface area contributed by atoms with Gasteiger partial charge >= 0.3 is 0 Å². The van der Waals surface area contributed by atoms with E-state index in [2.05, 4.69) is 11.1 Å². The van der Waals surface area contributed by atoms with Gasteiger partial charge in [0.1, 0.15) is 0 Å². The number of fused-ring (bicyclic) bond motifs is 1. The molecule has 0 fully saturated rings. The Morgan fingerprint density at radius 2 is 1.94 bits per heavy atom. The molecular formula is C14H16Cl2N2. The molecule has 2 nitrogen and oxygen atoms in total. The van der Waals surface area contributed by atoms with Gasteiger partial charge in [-0.05, 0) is 56.5 Å². The molecule has 0 saturated carbocycles. The minimum absolute atomic E-state index is 0.624. The smallest absolute Gasteiger partial charge is 0.0737 e. The number of halogens is 2. The van der Waals surface area contributed by atoms with Crippen molar-refractivity contribution in [1.29, 1.82) is 0 Å². The fourth-order valence-corrected chi connectivity index (χ4v) is 2.77. The molecule has 18 heavy (non-hydrogen) atoms. The largest absolute Gasteiger partial charge is 0.330 e. The third-order valence-electron chi connectivity index (χ3n) is 2.94. The zero-order valence-electron chi connectivity index (χ0n) is 10.3. The Kier molecular flexibility index (Phi) is 4.44. The lowest BCUT2D eigenvalue weighted by Gasteiger charge is -2.10. The summed E-state index contributed by atoms with van der Waals surface area (Å²) in [5.74, 6) is 0. The predicted octanol–water partition coefficient (Wildman–Crippen LogP) is 4.13. The van der Waals surface area contributed by atoms with E-state index in [9.17, 15) is 0 Å². The van der Waals surface area contributed by atoms with Crippen LogP contribution in [0.5, 0.6) is 0 Å². The van der Waals surface area contributed by atoms with Crippen LogP contribution in [-0.4, -0.2) is 11.5 Å². The van der Waals surface area contributed by atoms with Gasteiger partial charge in [-0.2, -0.15) is 0 Å². The lowest BCUT2D eigenvalue weighted by Crippen LogP contribution is -2.00. The van der Waals surface area contributed by atoms with E-state index in [0.29, 0.717) is 10.0 Å². The maximum absolute atomic E-state index is 6.28. The van der Waals surface area contributed by atoms with E-state index in [4.69, 9.17) is 28.9 Å². The molecule has 1 aromatic carbocycles. The van der Waals surface area contributed by atoms with Gasteiger partial charge in [0, 0.05) is 16.1 Å². The quantitative estimate of drug-likeness (QED) is 0.857. The zero-order chi connectivity index (χ0) is 13.1. The van der Waals surface area contributed by atoms with Crippen molar-refractivity contribution in [3.63, 3.8) is 0 Å². The SMILES string of the molecule is Cc1cc(CCCCN)c2c(Cl)cc(Cl)cc2n1. The number of hydrogen-bond acceptors (Lipinski definition) is 2. The molecule has 0 amide bonds. The summed E-state index contributed by atoms with van der Waals surface area (Å²) in [6.45, 7) is 2.71. The Morgan fingerprint density at radius 1 is 1.17 bits per heavy atom. The van der Waals surface area contributed by atoms with Gasteiger partial charge in [-0.3, -0.25) is 4.98 Å². The minimum atomic E-state index is 0.624. The van der Waals surface area contributed by atoms with Gasteiger partial charge in [-0.25, -0.2) is 0 Å². The van der Waals surface area contributed by atoms with Crippen LogP contribution in [0.15, 0.2) is 18.2 Å². The van der Waals surface area contributed by atoms with E-state index in [1.54, 1.807) is 6.07 Å². The molecule has 0 aliphatic carbocycles. The molecule has 1 heterocycles. The number of aryl methyl sites for hydroxylation is 2. The Labute approximate surface area is 117 Å². The number of nitrogens with two attached hydrogens (primary N) is 1. The first kappa shape index (κ1) is 13.6. The molecule has 0 aliphatic heterocycles. The van der Waals surface area contributed by atoms with Crippen LogP contribution in [0.25, 0.3) is 10.9 Å². The second-order valence-corrected chi connectivity index (χ2v) is 5.29. The summed E-state index contributed by atoms with van der Waals surface area (Å²) < 4.78 is 0. The highest BCUT2D eigenvalue weighted by molar-refractivity contribution is 6.38. The Bertz CT molecular complexity index is 562. The third kappa shape index (κ3) is 2.94. The zero-order valence-corrected chi connectivity index (χ0v) is 11.9. The van der Waals surface area contributed by atoms with E-state index < -0.39 is 0 Å². The maximum Gasteiger partial charge on any atom is 0.0737 e. The van der Waals surface area contributed by atoms with Crippen LogP contribution in [-0.2, 0) is 6.42 Å². The standard InChI is InChI=1S/C14H16Cl2N2/c1-9-6-10(4-2-3-5-17)14-12(16)7-11(15)8-13(14)18-9/h6-8H,2-5,17H2,1H3. The van der Waals surface area contributed by atoms with Gasteiger partial charge in [-0.1, -0.05) is 23.2 Å². The summed E-state index contributed by atoms with van der Waals surface area (Å²) in [4.78, 5) is 4.49. The molecule has 4 heteroatoms. The first-order valence-electron chi connectivity index (χ1n) is 6.07. The fraction of sp³-hybridized carbons (Fsp3) is 0.357. The van der Waals surface area contributed by atoms with Gasteiger partial charge in [0.2, 0.25) is 0 Å². The first-order chi connectivity index (χ1) is 8.61. The molecule has 2 rings (SSSR count). The normalized spacial score (nSPS) is 11.1. The molecule has 0 saturated heterocycles. The molecule has 0 bridgehead atoms. The monoisotopic (exact) mass is 282 g/mol. The topological polar surface area (TPSA) is 38.9 Å². The van der Waals surface area contributed by atoms with Crippen LogP contribution >= 0.6 is 23.2 Å². The predicted molar refractivity (Wildman–Crippen MR) is 78.5 cm³/mol. The first-order valence-corrected chi connectivity index (χ1v) is 6.82. The van der Waals surface area contributed by atoms with Crippen molar-refractivity contribution in [2.45, 2.75) is 26.2 Å². The van der Waals surface area contributed by atoms with Crippen LogP contribution < -0.4 is 5.73 Å². The number of unbranched alkanes of at least 4 members (excludes halogenated alkanes) is 1. The molecule has 1 aromatic heterocycles. The number of rotatable bonds is 4. The van der Waals surface area contributed by atoms with E-state index in [-0.39, 0.29) is 0 Å². The third-order valence-corrected chi connectivity index (χ3v) is 3.45. The van der Waals surface area contributed by atoms with Crippen LogP contribution in [0.4, 0.5) is 0 Å². The molecule has 96 valence electrons. The molecule has 0 unspecified atom stereocenters. The summed E-state index contributed by atoms with van der Waals surface area (Å²) in [7, 11) is 0. The van der Waals surface area contributed by atoms with Crippen molar-refractivity contribution in [2.75, 3.05) is 6.54 Å². The lowest BCUT2D eigenvalue weighted by atomic mass is 10.0. The van der Waals surface area contributed by atoms with Crippen molar-refractivity contribution in [3.8, 4) is 0 Å². The second kappa shape index (κ2) is 5.87. The van der Waals surface area contributed by atoms with Crippen LogP contribution in [0.1, 0.15) is 24.1 Å². The van der Waals surface area contributed by atoms with Gasteiger partial charge in [-0.15, -0.1) is 0 Å². The minimum Gasteiger partial charge on any atom is -0.330 e. The summed E-state index contributed by atoms with van der Waals surface area (Å²) in [5, 5.41) is 2.31. The molecule has 0 radical (unpaired) electrons. The van der Waals surface area contributed by atoms with Gasteiger partial charge in [0.05, 0.1) is 10.5 Å². The number of aromatic nitrogens is 1. The van der Waals surface area contributed by atoms with Crippen molar-refractivity contribution in [2.24, 2.45) is 5.73 Å². The molecular weight excluding hydrogens is 267 g/mol. The van der Waals surface area contributed by atoms with Crippen LogP contribution in [0, 0.1) is 6.92 Å². The number of nitrogens with zero attached hydrogens (tertiary/aromatic N) is 1. The average molecular weight is 283 g/mol. The van der Waals surface area contributed by atoms with Crippen molar-refractivity contribution < 1.29 is 0 Å². The van der Waals surface area contributed by atoms with Gasteiger partial charge in [0.15, 0.2) is 0 Å². The van der Waals surface area contributed by atoms with E-state index in [0.717, 1.165) is 42.4 Å². The number of hydrogen-bond donors (Lipinski definition) is 1. The van der Waals surface area contributed by atoms with Crippen molar-refractivity contribution >= 4 is 34.1 Å². The second-order valence-electron chi connectivity index (χ2n) is 4.45. The van der Waals surface area contributed by atoms with Crippen molar-refractivity contribution in [3.05, 3.63) is 39.5 Å². The molecule has 2 N–H and O–H groups in total. The molecule has 0 atom stereocenters. The highest BCUT2D eigenvalue weighted by Crippen LogP contribution is 2.30. The van der Waals surface area contributed by atoms with Gasteiger partial charge in [0.25, 0.3) is 0 Å². The van der Waals surface area contributed by atoms with E-state index in [1.165, 1.54) is 5.56 Å². The lowest BCUT2D eigenvalue weighted by molar-refractivity contribution is 0.746. The van der Waals surface area contributed by atoms with E-state index in [1.807, 2.05) is 13.0 Å². The Morgan fingerprint density at radius 3 is 2.67 bits per heavy atom. The number of benzene rings is 1. The maximum atomic E-state index is 6.28.